The van der Waals surface area contributed by atoms with Gasteiger partial charge in [0, 0.05) is 0 Å². The van der Waals surface area contributed by atoms with Crippen LogP contribution in [0.3, 0.4) is 0 Å². The van der Waals surface area contributed by atoms with Crippen molar-refractivity contribution in [3.8, 4) is 0 Å². The Morgan fingerprint density at radius 2 is 2.00 bits per heavy atom. The molecule has 0 spiro atoms. The normalized spacial score (nSPS) is 11.9. The molecule has 0 saturated heterocycles. The highest BCUT2D eigenvalue weighted by Gasteiger charge is 2.22. The van der Waals surface area contributed by atoms with Gasteiger partial charge >= 0.3 is 6.18 Å². The number of rotatable bonds is 0. The molecule has 0 unspecified atom stereocenters. The summed E-state index contributed by atoms with van der Waals surface area (Å²) < 4.78 is 34.9. The lowest BCUT2D eigenvalue weighted by molar-refractivity contribution is -0.137. The lowest BCUT2D eigenvalue weighted by Crippen LogP contribution is -2.01. The highest BCUT2D eigenvalue weighted by atomic mass is 19.4. The van der Waals surface area contributed by atoms with E-state index in [-0.39, 0.29) is 0 Å². The highest BCUT2D eigenvalue weighted by Crippen LogP contribution is 2.28. The molecular weight excluding hydrogens is 129 g/mol. The molecule has 0 fully saturated rings. The minimum Gasteiger partial charge on any atom is -0.202 e. The average Bonchev–Trinajstić information content (AvgIpc) is 2.08. The topological polar surface area (TPSA) is 0 Å². The first-order chi connectivity index (χ1) is 4.11. The van der Waals surface area contributed by atoms with Gasteiger partial charge in [-0.2, -0.15) is 31.4 Å². The number of hydrogen-bond acceptors (Lipinski definition) is 0. The third-order valence-electron chi connectivity index (χ3n) is 0.990. The Kier molecular flexibility index (Phi) is 1.27. The van der Waals surface area contributed by atoms with Crippen LogP contribution in [0.5, 0.6) is 0 Å². The fourth-order valence-electron chi connectivity index (χ4n) is 0.563. The fourth-order valence-corrected chi connectivity index (χ4v) is 0.563. The Labute approximate surface area is 50.3 Å². The molecule has 1 rings (SSSR count). The number of alkyl halides is 3. The molecule has 0 saturated carbocycles. The lowest BCUT2D eigenvalue weighted by Gasteiger charge is -2.08. The van der Waals surface area contributed by atoms with Crippen molar-refractivity contribution in [2.75, 3.05) is 0 Å². The van der Waals surface area contributed by atoms with Gasteiger partial charge in [-0.3, -0.25) is 0 Å². The van der Waals surface area contributed by atoms with Gasteiger partial charge in [0.2, 0.25) is 0 Å². The fraction of sp³-hybridized carbons (Fsp3) is 0.167. The Morgan fingerprint density at radius 1 is 1.33 bits per heavy atom. The number of halogens is 3. The predicted octanol–water partition coefficient (Wildman–Crippen LogP) is 2.42. The van der Waals surface area contributed by atoms with Crippen molar-refractivity contribution in [3.63, 3.8) is 0 Å². The van der Waals surface area contributed by atoms with Gasteiger partial charge in [0.1, 0.15) is 0 Å². The van der Waals surface area contributed by atoms with Gasteiger partial charge in [0.15, 0.2) is 0 Å². The first-order valence-corrected chi connectivity index (χ1v) is 2.39. The third-order valence-corrected chi connectivity index (χ3v) is 0.990. The summed E-state index contributed by atoms with van der Waals surface area (Å²) >= 11 is 0. The van der Waals surface area contributed by atoms with Crippen molar-refractivity contribution < 1.29 is 13.2 Å². The molecule has 0 nitrogen and oxygen atoms in total. The molecule has 0 heterocycles. The van der Waals surface area contributed by atoms with E-state index in [2.05, 4.69) is 0 Å². The van der Waals surface area contributed by atoms with Crippen LogP contribution in [0.25, 0.3) is 0 Å². The van der Waals surface area contributed by atoms with Crippen LogP contribution in [-0.4, -0.2) is 0 Å². The summed E-state index contributed by atoms with van der Waals surface area (Å²) in [7, 11) is 0. The van der Waals surface area contributed by atoms with Gasteiger partial charge in [0.05, 0.1) is 0 Å². The van der Waals surface area contributed by atoms with Gasteiger partial charge < -0.3 is 0 Å². The smallest absolute Gasteiger partial charge is 0.202 e. The van der Waals surface area contributed by atoms with Crippen molar-refractivity contribution in [2.45, 2.75) is 6.18 Å². The first kappa shape index (κ1) is 6.26. The van der Waals surface area contributed by atoms with E-state index in [0.29, 0.717) is 0 Å². The van der Waals surface area contributed by atoms with E-state index in [0.717, 1.165) is 12.1 Å². The summed E-state index contributed by atoms with van der Waals surface area (Å²) in [6.07, 6.45) is -4.18. The standard InChI is InChI=1S/C6H4F3/c7-6(8,9)5-3-1-2-4-5/h1-4H/q-1. The Balaban J connectivity index is 2.90. The third kappa shape index (κ3) is 1.28. The zero-order valence-electron chi connectivity index (χ0n) is 4.44. The van der Waals surface area contributed by atoms with Gasteiger partial charge in [0.25, 0.3) is 0 Å². The van der Waals surface area contributed by atoms with Crippen LogP contribution in [0.1, 0.15) is 5.56 Å². The molecule has 1 aromatic rings. The predicted molar refractivity (Wildman–Crippen MR) is 27.0 cm³/mol. The van der Waals surface area contributed by atoms with E-state index in [1.54, 1.807) is 0 Å². The molecule has 0 bridgehead atoms. The molecule has 50 valence electrons. The second-order valence-corrected chi connectivity index (χ2v) is 1.67. The molecule has 0 aliphatic carbocycles. The van der Waals surface area contributed by atoms with Crippen LogP contribution < -0.4 is 0 Å². The van der Waals surface area contributed by atoms with Gasteiger partial charge in [-0.25, -0.2) is 6.07 Å². The van der Waals surface area contributed by atoms with Crippen molar-refractivity contribution in [1.29, 1.82) is 0 Å². The Hall–Kier alpha value is -0.860. The minimum atomic E-state index is -4.18. The number of hydrogen-bond donors (Lipinski definition) is 0. The SMILES string of the molecule is FC(F)(F)c1cc[cH-]c1. The van der Waals surface area contributed by atoms with Crippen molar-refractivity contribution >= 4 is 0 Å². The van der Waals surface area contributed by atoms with Crippen LogP contribution in [-0.2, 0) is 6.18 Å². The molecule has 9 heavy (non-hydrogen) atoms. The van der Waals surface area contributed by atoms with Gasteiger partial charge in [-0.05, 0) is 0 Å². The van der Waals surface area contributed by atoms with Gasteiger partial charge in [-0.15, -0.1) is 0 Å². The summed E-state index contributed by atoms with van der Waals surface area (Å²) in [6, 6.07) is 4.81. The second kappa shape index (κ2) is 1.83. The summed E-state index contributed by atoms with van der Waals surface area (Å²) in [6.45, 7) is 0. The van der Waals surface area contributed by atoms with E-state index in [4.69, 9.17) is 0 Å². The summed E-state index contributed by atoms with van der Waals surface area (Å²) in [5.41, 5.74) is -0.581. The molecule has 0 radical (unpaired) electrons. The van der Waals surface area contributed by atoms with Crippen LogP contribution in [0.4, 0.5) is 13.2 Å². The zero-order chi connectivity index (χ0) is 6.91. The second-order valence-electron chi connectivity index (χ2n) is 1.67. The Bertz CT molecular complexity index is 171. The maximum atomic E-state index is 11.6. The van der Waals surface area contributed by atoms with Crippen LogP contribution in [0, 0.1) is 0 Å². The quantitative estimate of drug-likeness (QED) is 0.477. The molecular formula is C6H4F3-. The van der Waals surface area contributed by atoms with Crippen molar-refractivity contribution in [2.24, 2.45) is 0 Å². The maximum Gasteiger partial charge on any atom is 0.360 e. The van der Waals surface area contributed by atoms with Crippen LogP contribution >= 0.6 is 0 Å². The Morgan fingerprint density at radius 3 is 2.22 bits per heavy atom. The molecule has 1 aromatic carbocycles. The molecule has 0 aliphatic rings. The zero-order valence-corrected chi connectivity index (χ0v) is 4.44. The van der Waals surface area contributed by atoms with E-state index in [1.807, 2.05) is 0 Å². The van der Waals surface area contributed by atoms with E-state index < -0.39 is 11.7 Å². The first-order valence-electron chi connectivity index (χ1n) is 2.39. The van der Waals surface area contributed by atoms with Crippen molar-refractivity contribution in [1.82, 2.24) is 0 Å². The lowest BCUT2D eigenvalue weighted by atomic mass is 10.3. The molecule has 0 aliphatic heterocycles. The summed E-state index contributed by atoms with van der Waals surface area (Å²) in [5.74, 6) is 0. The molecule has 0 atom stereocenters. The van der Waals surface area contributed by atoms with Crippen LogP contribution in [0.2, 0.25) is 0 Å². The summed E-state index contributed by atoms with van der Waals surface area (Å²) in [5, 5.41) is 0. The van der Waals surface area contributed by atoms with E-state index >= 15 is 0 Å². The summed E-state index contributed by atoms with van der Waals surface area (Å²) in [4.78, 5) is 0. The van der Waals surface area contributed by atoms with E-state index in [1.165, 1.54) is 12.1 Å². The largest absolute Gasteiger partial charge is 0.360 e. The molecule has 0 aromatic heterocycles. The van der Waals surface area contributed by atoms with Crippen LogP contribution in [0.15, 0.2) is 24.3 Å². The monoisotopic (exact) mass is 133 g/mol. The average molecular weight is 133 g/mol. The van der Waals surface area contributed by atoms with E-state index in [9.17, 15) is 13.2 Å². The molecule has 3 heteroatoms. The molecule has 0 N–H and O–H groups in total. The molecule has 0 amide bonds. The highest BCUT2D eigenvalue weighted by molar-refractivity contribution is 5.18. The van der Waals surface area contributed by atoms with Gasteiger partial charge in [-0.1, -0.05) is 5.56 Å². The minimum absolute atomic E-state index is 0.581. The van der Waals surface area contributed by atoms with Crippen molar-refractivity contribution in [3.05, 3.63) is 29.8 Å². The maximum absolute atomic E-state index is 11.6.